The maximum absolute atomic E-state index is 10.7. The molecule has 0 spiro atoms. The van der Waals surface area contributed by atoms with E-state index in [1.165, 1.54) is 12.2 Å². The molecule has 1 aromatic rings. The molecular weight excluding hydrogens is 222 g/mol. The summed E-state index contributed by atoms with van der Waals surface area (Å²) in [4.78, 5) is 21.1. The zero-order valence-electron chi connectivity index (χ0n) is 8.83. The fourth-order valence-electron chi connectivity index (χ4n) is 1.11. The molecule has 0 aliphatic carbocycles. The summed E-state index contributed by atoms with van der Waals surface area (Å²) in [6.45, 7) is 0. The van der Waals surface area contributed by atoms with Crippen LogP contribution in [0.15, 0.2) is 42.0 Å². The molecule has 0 saturated heterocycles. The maximum atomic E-state index is 10.7. The van der Waals surface area contributed by atoms with Crippen LogP contribution in [0.25, 0.3) is 6.08 Å². The van der Waals surface area contributed by atoms with E-state index in [2.05, 4.69) is 0 Å². The maximum Gasteiger partial charge on any atom is 0.335 e. The molecule has 5 nitrogen and oxygen atoms in total. The Labute approximate surface area is 97.5 Å². The molecule has 0 fully saturated rings. The topological polar surface area (TPSA) is 101 Å². The molecule has 0 atom stereocenters. The Morgan fingerprint density at radius 3 is 2.18 bits per heavy atom. The molecule has 0 unspecified atom stereocenters. The summed E-state index contributed by atoms with van der Waals surface area (Å²) in [5.41, 5.74) is 6.52. The molecule has 0 heterocycles. The Hall–Kier alpha value is -2.56. The molecule has 17 heavy (non-hydrogen) atoms. The Kier molecular flexibility index (Phi) is 4.05. The van der Waals surface area contributed by atoms with Crippen molar-refractivity contribution in [2.75, 3.05) is 5.73 Å². The normalized spacial score (nSPS) is 11.6. The lowest BCUT2D eigenvalue weighted by Crippen LogP contribution is -2.01. The van der Waals surface area contributed by atoms with E-state index in [1.807, 2.05) is 0 Å². The zero-order valence-corrected chi connectivity index (χ0v) is 8.83. The molecule has 0 aliphatic heterocycles. The molecule has 0 aromatic heterocycles. The van der Waals surface area contributed by atoms with Gasteiger partial charge in [0.1, 0.15) is 0 Å². The lowest BCUT2D eigenvalue weighted by atomic mass is 10.1. The van der Waals surface area contributed by atoms with Crippen LogP contribution in [0.2, 0.25) is 0 Å². The number of carboxylic acid groups (broad SMARTS) is 2. The van der Waals surface area contributed by atoms with E-state index < -0.39 is 11.9 Å². The third-order valence-electron chi connectivity index (χ3n) is 1.92. The van der Waals surface area contributed by atoms with Gasteiger partial charge in [-0.1, -0.05) is 18.2 Å². The first kappa shape index (κ1) is 12.5. The SMILES string of the molecule is Nc1ccc(/C=C/C(=C/C(=O)O)C(=O)O)cc1. The van der Waals surface area contributed by atoms with Crippen molar-refractivity contribution in [2.45, 2.75) is 0 Å². The molecule has 0 amide bonds. The van der Waals surface area contributed by atoms with Crippen molar-refractivity contribution in [2.24, 2.45) is 0 Å². The number of hydrogen-bond acceptors (Lipinski definition) is 3. The summed E-state index contributed by atoms with van der Waals surface area (Å²) < 4.78 is 0. The molecule has 0 aliphatic rings. The number of carboxylic acids is 2. The van der Waals surface area contributed by atoms with Gasteiger partial charge in [-0.15, -0.1) is 0 Å². The van der Waals surface area contributed by atoms with Gasteiger partial charge in [-0.3, -0.25) is 0 Å². The number of carbonyl (C=O) groups is 2. The average molecular weight is 233 g/mol. The Balaban J connectivity index is 2.91. The number of nitrogen functional groups attached to an aromatic ring is 1. The first-order valence-electron chi connectivity index (χ1n) is 4.70. The first-order valence-corrected chi connectivity index (χ1v) is 4.70. The molecule has 1 aromatic carbocycles. The second kappa shape index (κ2) is 5.50. The Bertz CT molecular complexity index is 486. The summed E-state index contributed by atoms with van der Waals surface area (Å²) >= 11 is 0. The fraction of sp³-hybridized carbons (Fsp3) is 0. The van der Waals surface area contributed by atoms with Gasteiger partial charge in [-0.25, -0.2) is 9.59 Å². The van der Waals surface area contributed by atoms with E-state index in [0.29, 0.717) is 11.8 Å². The number of rotatable bonds is 4. The number of benzene rings is 1. The molecule has 88 valence electrons. The summed E-state index contributed by atoms with van der Waals surface area (Å²) in [7, 11) is 0. The molecule has 0 saturated carbocycles. The van der Waals surface area contributed by atoms with Gasteiger partial charge in [-0.2, -0.15) is 0 Å². The van der Waals surface area contributed by atoms with Crippen molar-refractivity contribution in [1.82, 2.24) is 0 Å². The van der Waals surface area contributed by atoms with Gasteiger partial charge >= 0.3 is 11.9 Å². The highest BCUT2D eigenvalue weighted by Crippen LogP contribution is 2.09. The minimum absolute atomic E-state index is 0.297. The van der Waals surface area contributed by atoms with E-state index in [9.17, 15) is 9.59 Å². The van der Waals surface area contributed by atoms with Crippen LogP contribution in [0.1, 0.15) is 5.56 Å². The smallest absolute Gasteiger partial charge is 0.335 e. The Morgan fingerprint density at radius 1 is 1.12 bits per heavy atom. The van der Waals surface area contributed by atoms with E-state index in [0.717, 1.165) is 5.56 Å². The molecule has 0 radical (unpaired) electrons. The van der Waals surface area contributed by atoms with E-state index >= 15 is 0 Å². The van der Waals surface area contributed by atoms with Crippen LogP contribution in [-0.4, -0.2) is 22.2 Å². The standard InChI is InChI=1S/C12H11NO4/c13-10-5-2-8(3-6-10)1-4-9(12(16)17)7-11(14)15/h1-7H,13H2,(H,14,15)(H,16,17)/b4-1+,9-7-. The van der Waals surface area contributed by atoms with Crippen molar-refractivity contribution in [3.63, 3.8) is 0 Å². The van der Waals surface area contributed by atoms with Crippen LogP contribution in [0.3, 0.4) is 0 Å². The van der Waals surface area contributed by atoms with Crippen molar-refractivity contribution >= 4 is 23.7 Å². The minimum atomic E-state index is -1.30. The number of anilines is 1. The lowest BCUT2D eigenvalue weighted by molar-refractivity contribution is -0.134. The Morgan fingerprint density at radius 2 is 1.71 bits per heavy atom. The van der Waals surface area contributed by atoms with Gasteiger partial charge in [0.25, 0.3) is 0 Å². The summed E-state index contributed by atoms with van der Waals surface area (Å²) in [5, 5.41) is 17.2. The number of aliphatic carboxylic acids is 2. The van der Waals surface area contributed by atoms with Crippen LogP contribution >= 0.6 is 0 Å². The van der Waals surface area contributed by atoms with Crippen molar-refractivity contribution < 1.29 is 19.8 Å². The molecule has 1 rings (SSSR count). The van der Waals surface area contributed by atoms with E-state index in [1.54, 1.807) is 24.3 Å². The zero-order chi connectivity index (χ0) is 12.8. The van der Waals surface area contributed by atoms with Gasteiger partial charge < -0.3 is 15.9 Å². The van der Waals surface area contributed by atoms with Gasteiger partial charge in [0.05, 0.1) is 5.57 Å². The molecule has 0 bridgehead atoms. The van der Waals surface area contributed by atoms with Crippen molar-refractivity contribution in [3.05, 3.63) is 47.6 Å². The molecule has 5 heteroatoms. The van der Waals surface area contributed by atoms with Gasteiger partial charge in [-0.05, 0) is 23.8 Å². The quantitative estimate of drug-likeness (QED) is 0.414. The van der Waals surface area contributed by atoms with Crippen LogP contribution in [0.4, 0.5) is 5.69 Å². The number of hydrogen-bond donors (Lipinski definition) is 3. The van der Waals surface area contributed by atoms with Crippen molar-refractivity contribution in [1.29, 1.82) is 0 Å². The monoisotopic (exact) mass is 233 g/mol. The van der Waals surface area contributed by atoms with E-state index in [-0.39, 0.29) is 5.57 Å². The van der Waals surface area contributed by atoms with Gasteiger partial charge in [0, 0.05) is 11.8 Å². The predicted molar refractivity (Wildman–Crippen MR) is 63.2 cm³/mol. The third kappa shape index (κ3) is 4.21. The van der Waals surface area contributed by atoms with Crippen LogP contribution in [0.5, 0.6) is 0 Å². The first-order chi connectivity index (χ1) is 7.99. The van der Waals surface area contributed by atoms with E-state index in [4.69, 9.17) is 15.9 Å². The summed E-state index contributed by atoms with van der Waals surface area (Å²) in [6.07, 6.45) is 3.36. The highest BCUT2D eigenvalue weighted by atomic mass is 16.4. The second-order valence-electron chi connectivity index (χ2n) is 3.24. The average Bonchev–Trinajstić information content (AvgIpc) is 2.25. The summed E-state index contributed by atoms with van der Waals surface area (Å²) in [6, 6.07) is 6.74. The van der Waals surface area contributed by atoms with Crippen LogP contribution in [0, 0.1) is 0 Å². The highest BCUT2D eigenvalue weighted by Gasteiger charge is 2.05. The number of nitrogens with two attached hydrogens (primary N) is 1. The van der Waals surface area contributed by atoms with Gasteiger partial charge in [0.15, 0.2) is 0 Å². The fourth-order valence-corrected chi connectivity index (χ4v) is 1.11. The predicted octanol–water partition coefficient (Wildman–Crippen LogP) is 1.38. The molecular formula is C12H11NO4. The summed E-state index contributed by atoms with van der Waals surface area (Å²) in [5.74, 6) is -2.59. The third-order valence-corrected chi connectivity index (χ3v) is 1.92. The minimum Gasteiger partial charge on any atom is -0.478 e. The highest BCUT2D eigenvalue weighted by molar-refractivity contribution is 5.97. The largest absolute Gasteiger partial charge is 0.478 e. The van der Waals surface area contributed by atoms with Gasteiger partial charge in [0.2, 0.25) is 0 Å². The second-order valence-corrected chi connectivity index (χ2v) is 3.24. The van der Waals surface area contributed by atoms with Crippen molar-refractivity contribution in [3.8, 4) is 0 Å². The molecule has 4 N–H and O–H groups in total. The van der Waals surface area contributed by atoms with Crippen LogP contribution < -0.4 is 5.73 Å². The lowest BCUT2D eigenvalue weighted by Gasteiger charge is -1.96. The van der Waals surface area contributed by atoms with Crippen LogP contribution in [-0.2, 0) is 9.59 Å².